The third-order valence-electron chi connectivity index (χ3n) is 5.21. The van der Waals surface area contributed by atoms with Crippen molar-refractivity contribution in [3.63, 3.8) is 0 Å². The van der Waals surface area contributed by atoms with Gasteiger partial charge in [-0.05, 0) is 43.3 Å². The summed E-state index contributed by atoms with van der Waals surface area (Å²) in [7, 11) is -3.74. The van der Waals surface area contributed by atoms with Gasteiger partial charge in [0.05, 0.1) is 23.0 Å². The van der Waals surface area contributed by atoms with Gasteiger partial charge in [-0.3, -0.25) is 9.52 Å². The van der Waals surface area contributed by atoms with Crippen LogP contribution in [-0.4, -0.2) is 32.5 Å². The molecule has 4 atom stereocenters. The van der Waals surface area contributed by atoms with E-state index in [-0.39, 0.29) is 4.90 Å². The molecule has 30 heavy (non-hydrogen) atoms. The molecule has 2 aromatic rings. The summed E-state index contributed by atoms with van der Waals surface area (Å²) in [6, 6.07) is 12.5. The lowest BCUT2D eigenvalue weighted by Crippen LogP contribution is -2.45. The topological polar surface area (TPSA) is 125 Å². The van der Waals surface area contributed by atoms with E-state index in [1.54, 1.807) is 24.3 Å². The van der Waals surface area contributed by atoms with Gasteiger partial charge in [-0.1, -0.05) is 29.8 Å². The Morgan fingerprint density at radius 1 is 0.900 bits per heavy atom. The quantitative estimate of drug-likeness (QED) is 0.664. The van der Waals surface area contributed by atoms with Gasteiger partial charge in [-0.2, -0.15) is 0 Å². The van der Waals surface area contributed by atoms with Crippen molar-refractivity contribution in [1.29, 1.82) is 0 Å². The maximum Gasteiger partial charge on any atom is 0.261 e. The standard InChI is InChI=1S/C21H20N2O6S/c1-12-2-8-15(9-3-12)30(27,28)23-14-6-4-13(5-7-14)22-20(24)18-16-10-11-17(29-16)19(18)21(25)26/h2-11,16-19,23H,1H3,(H,22,24)(H,25,26)/p-1/t16-,17+,18+,19+/m1/s1. The van der Waals surface area contributed by atoms with E-state index in [0.717, 1.165) is 5.56 Å². The summed E-state index contributed by atoms with van der Waals surface area (Å²) < 4.78 is 32.9. The van der Waals surface area contributed by atoms with Crippen LogP contribution in [0.15, 0.2) is 65.6 Å². The van der Waals surface area contributed by atoms with E-state index in [9.17, 15) is 23.1 Å². The molecule has 2 aliphatic rings. The minimum atomic E-state index is -3.74. The molecule has 0 aromatic heterocycles. The first-order valence-corrected chi connectivity index (χ1v) is 10.8. The van der Waals surface area contributed by atoms with Crippen LogP contribution in [0.25, 0.3) is 0 Å². The van der Waals surface area contributed by atoms with Gasteiger partial charge in [0.15, 0.2) is 0 Å². The number of carbonyl (C=O) groups is 2. The Kier molecular flexibility index (Phi) is 5.08. The minimum absolute atomic E-state index is 0.142. The van der Waals surface area contributed by atoms with E-state index in [1.165, 1.54) is 36.4 Å². The van der Waals surface area contributed by atoms with Crippen LogP contribution in [0, 0.1) is 18.8 Å². The predicted molar refractivity (Wildman–Crippen MR) is 107 cm³/mol. The number of aliphatic carboxylic acids is 1. The molecule has 9 heteroatoms. The van der Waals surface area contributed by atoms with Crippen molar-refractivity contribution in [2.75, 3.05) is 10.0 Å². The zero-order valence-corrected chi connectivity index (χ0v) is 16.8. The summed E-state index contributed by atoms with van der Waals surface area (Å²) in [4.78, 5) is 24.2. The monoisotopic (exact) mass is 427 g/mol. The number of carboxylic acid groups (broad SMARTS) is 1. The second-order valence-electron chi connectivity index (χ2n) is 7.31. The molecule has 1 fully saturated rings. The number of hydrogen-bond donors (Lipinski definition) is 2. The molecular weight excluding hydrogens is 408 g/mol. The lowest BCUT2D eigenvalue weighted by atomic mass is 9.82. The van der Waals surface area contributed by atoms with E-state index in [4.69, 9.17) is 4.74 Å². The number of nitrogens with one attached hydrogen (secondary N) is 2. The van der Waals surface area contributed by atoms with Crippen molar-refractivity contribution >= 4 is 33.3 Å². The molecule has 0 spiro atoms. The number of sulfonamides is 1. The summed E-state index contributed by atoms with van der Waals surface area (Å²) in [5.74, 6) is -3.74. The molecule has 0 aliphatic carbocycles. The molecule has 0 radical (unpaired) electrons. The molecule has 0 saturated carbocycles. The van der Waals surface area contributed by atoms with Gasteiger partial charge in [0.2, 0.25) is 5.91 Å². The third-order valence-corrected chi connectivity index (χ3v) is 6.61. The highest BCUT2D eigenvalue weighted by molar-refractivity contribution is 7.92. The van der Waals surface area contributed by atoms with Crippen LogP contribution in [0.4, 0.5) is 11.4 Å². The zero-order chi connectivity index (χ0) is 21.5. The number of anilines is 2. The van der Waals surface area contributed by atoms with E-state index >= 15 is 0 Å². The Labute approximate surface area is 173 Å². The Balaban J connectivity index is 1.44. The summed E-state index contributed by atoms with van der Waals surface area (Å²) in [5.41, 5.74) is 1.68. The van der Waals surface area contributed by atoms with Gasteiger partial charge < -0.3 is 20.0 Å². The van der Waals surface area contributed by atoms with Crippen LogP contribution in [-0.2, 0) is 24.3 Å². The Morgan fingerprint density at radius 2 is 1.47 bits per heavy atom. The van der Waals surface area contributed by atoms with Crippen LogP contribution in [0.1, 0.15) is 5.56 Å². The van der Waals surface area contributed by atoms with Crippen molar-refractivity contribution in [3.05, 3.63) is 66.2 Å². The Bertz CT molecular complexity index is 1110. The van der Waals surface area contributed by atoms with Gasteiger partial charge in [-0.25, -0.2) is 8.42 Å². The van der Waals surface area contributed by atoms with Crippen molar-refractivity contribution in [2.45, 2.75) is 24.0 Å². The first-order chi connectivity index (χ1) is 14.2. The second kappa shape index (κ2) is 7.58. The van der Waals surface area contributed by atoms with Crippen LogP contribution < -0.4 is 15.1 Å². The molecule has 0 unspecified atom stereocenters. The molecule has 2 aromatic carbocycles. The number of amides is 1. The van der Waals surface area contributed by atoms with E-state index in [2.05, 4.69) is 10.0 Å². The van der Waals surface area contributed by atoms with Crippen molar-refractivity contribution < 1.29 is 27.9 Å². The molecule has 1 saturated heterocycles. The third kappa shape index (κ3) is 3.81. The zero-order valence-electron chi connectivity index (χ0n) is 15.9. The maximum absolute atomic E-state index is 12.6. The van der Waals surface area contributed by atoms with Crippen LogP contribution >= 0.6 is 0 Å². The molecule has 2 N–H and O–H groups in total. The molecular formula is C21H19N2O6S-. The lowest BCUT2D eigenvalue weighted by Gasteiger charge is -2.25. The maximum atomic E-state index is 12.6. The highest BCUT2D eigenvalue weighted by Crippen LogP contribution is 2.39. The number of hydrogen-bond acceptors (Lipinski definition) is 6. The van der Waals surface area contributed by atoms with Crippen LogP contribution in [0.3, 0.4) is 0 Å². The molecule has 4 rings (SSSR count). The number of ether oxygens (including phenoxy) is 1. The number of carbonyl (C=O) groups excluding carboxylic acids is 2. The van der Waals surface area contributed by atoms with Gasteiger partial charge >= 0.3 is 0 Å². The van der Waals surface area contributed by atoms with Crippen LogP contribution in [0.5, 0.6) is 0 Å². The molecule has 156 valence electrons. The Hall–Kier alpha value is -3.17. The number of aryl methyl sites for hydroxylation is 1. The predicted octanol–water partition coefficient (Wildman–Crippen LogP) is 1.05. The summed E-state index contributed by atoms with van der Waals surface area (Å²) >= 11 is 0. The average molecular weight is 427 g/mol. The van der Waals surface area contributed by atoms with Gasteiger partial charge in [-0.15, -0.1) is 0 Å². The normalized spacial score (nSPS) is 24.6. The Morgan fingerprint density at radius 3 is 2.07 bits per heavy atom. The highest BCUT2D eigenvalue weighted by atomic mass is 32.2. The highest BCUT2D eigenvalue weighted by Gasteiger charge is 2.50. The first-order valence-electron chi connectivity index (χ1n) is 9.30. The molecule has 2 bridgehead atoms. The fourth-order valence-corrected chi connectivity index (χ4v) is 4.74. The molecule has 1 amide bonds. The number of fused-ring (bicyclic) bond motifs is 2. The van der Waals surface area contributed by atoms with E-state index < -0.39 is 45.9 Å². The number of benzene rings is 2. The summed E-state index contributed by atoms with van der Waals surface area (Å²) in [6.07, 6.45) is 2.05. The minimum Gasteiger partial charge on any atom is -0.550 e. The molecule has 8 nitrogen and oxygen atoms in total. The average Bonchev–Trinajstić information content (AvgIpc) is 3.31. The van der Waals surface area contributed by atoms with Crippen molar-refractivity contribution in [2.24, 2.45) is 11.8 Å². The first kappa shape index (κ1) is 20.1. The number of rotatable bonds is 6. The van der Waals surface area contributed by atoms with E-state index in [0.29, 0.717) is 11.4 Å². The fraction of sp³-hybridized carbons (Fsp3) is 0.238. The summed E-state index contributed by atoms with van der Waals surface area (Å²) in [6.45, 7) is 1.87. The second-order valence-corrected chi connectivity index (χ2v) is 8.99. The van der Waals surface area contributed by atoms with Gasteiger partial charge in [0, 0.05) is 23.3 Å². The smallest absolute Gasteiger partial charge is 0.261 e. The lowest BCUT2D eigenvalue weighted by molar-refractivity contribution is -0.313. The SMILES string of the molecule is Cc1ccc(S(=O)(=O)Nc2ccc(NC(=O)[C@@H]3[C@@H](C(=O)[O-])[C@@H]4C=C[C@H]3O4)cc2)cc1. The number of carboxylic acids is 1. The summed E-state index contributed by atoms with van der Waals surface area (Å²) in [5, 5.41) is 14.1. The van der Waals surface area contributed by atoms with Crippen LogP contribution in [0.2, 0.25) is 0 Å². The molecule has 2 heterocycles. The van der Waals surface area contributed by atoms with Crippen molar-refractivity contribution in [1.82, 2.24) is 0 Å². The molecule has 2 aliphatic heterocycles. The van der Waals surface area contributed by atoms with Crippen molar-refractivity contribution in [3.8, 4) is 0 Å². The van der Waals surface area contributed by atoms with Gasteiger partial charge in [0.1, 0.15) is 0 Å². The van der Waals surface area contributed by atoms with E-state index in [1.807, 2.05) is 6.92 Å². The van der Waals surface area contributed by atoms with Gasteiger partial charge in [0.25, 0.3) is 10.0 Å². The fourth-order valence-electron chi connectivity index (χ4n) is 3.68. The largest absolute Gasteiger partial charge is 0.550 e.